The number of rotatable bonds is 5. The lowest BCUT2D eigenvalue weighted by Gasteiger charge is -2.25. The van der Waals surface area contributed by atoms with Crippen molar-refractivity contribution < 1.29 is 9.59 Å². The minimum atomic E-state index is -0.592. The van der Waals surface area contributed by atoms with Crippen molar-refractivity contribution in [1.82, 2.24) is 20.0 Å². The van der Waals surface area contributed by atoms with Crippen LogP contribution in [0.5, 0.6) is 0 Å². The van der Waals surface area contributed by atoms with E-state index in [1.807, 2.05) is 66.3 Å². The molecule has 1 aliphatic rings. The van der Waals surface area contributed by atoms with Gasteiger partial charge in [0.25, 0.3) is 0 Å². The molecule has 4 rings (SSSR count). The minimum absolute atomic E-state index is 0.0524. The lowest BCUT2D eigenvalue weighted by molar-refractivity contribution is -0.146. The maximum atomic E-state index is 12.7. The zero-order chi connectivity index (χ0) is 21.1. The van der Waals surface area contributed by atoms with E-state index in [9.17, 15) is 9.59 Å². The van der Waals surface area contributed by atoms with Crippen LogP contribution in [0.1, 0.15) is 47.7 Å². The first kappa shape index (κ1) is 19.9. The van der Waals surface area contributed by atoms with Gasteiger partial charge < -0.3 is 10.2 Å². The zero-order valence-electron chi connectivity index (χ0n) is 17.3. The van der Waals surface area contributed by atoms with Crippen molar-refractivity contribution in [2.24, 2.45) is 0 Å². The Hall–Kier alpha value is -3.41. The minimum Gasteiger partial charge on any atom is -0.341 e. The fraction of sp³-hybridized carbons (Fsp3) is 0.292. The van der Waals surface area contributed by atoms with Crippen molar-refractivity contribution in [2.75, 3.05) is 7.05 Å². The van der Waals surface area contributed by atoms with Crippen molar-refractivity contribution in [3.8, 4) is 0 Å². The van der Waals surface area contributed by atoms with Crippen LogP contribution in [-0.4, -0.2) is 33.5 Å². The van der Waals surface area contributed by atoms with Gasteiger partial charge in [-0.3, -0.25) is 14.3 Å². The topological polar surface area (TPSA) is 67.2 Å². The summed E-state index contributed by atoms with van der Waals surface area (Å²) >= 11 is 0. The Balaban J connectivity index is 1.37. The molecule has 6 nitrogen and oxygen atoms in total. The molecule has 2 aromatic carbocycles. The Bertz CT molecular complexity index is 1040. The van der Waals surface area contributed by atoms with Crippen LogP contribution in [-0.2, 0) is 22.6 Å². The second-order valence-corrected chi connectivity index (χ2v) is 7.82. The highest BCUT2D eigenvalue weighted by molar-refractivity contribution is 6.35. The molecule has 0 spiro atoms. The number of amides is 2. The first-order chi connectivity index (χ1) is 14.5. The number of likely N-dealkylation sites (N-methyl/N-ethyl adjacent to an activating group) is 1. The molecule has 0 aliphatic heterocycles. The predicted molar refractivity (Wildman–Crippen MR) is 115 cm³/mol. The zero-order valence-corrected chi connectivity index (χ0v) is 17.3. The smallest absolute Gasteiger partial charge is 0.312 e. The van der Waals surface area contributed by atoms with Crippen LogP contribution >= 0.6 is 0 Å². The number of aromatic nitrogens is 2. The fourth-order valence-electron chi connectivity index (χ4n) is 4.04. The maximum Gasteiger partial charge on any atom is 0.312 e. The van der Waals surface area contributed by atoms with Gasteiger partial charge in [0.2, 0.25) is 0 Å². The summed E-state index contributed by atoms with van der Waals surface area (Å²) in [6.45, 7) is 2.52. The summed E-state index contributed by atoms with van der Waals surface area (Å²) in [5.41, 5.74) is 4.40. The van der Waals surface area contributed by atoms with E-state index in [0.717, 1.165) is 29.5 Å². The van der Waals surface area contributed by atoms with E-state index in [1.54, 1.807) is 18.1 Å². The van der Waals surface area contributed by atoms with Crippen LogP contribution in [0.4, 0.5) is 0 Å². The average Bonchev–Trinajstić information content (AvgIpc) is 3.40. The number of carbonyl (C=O) groups is 2. The Kier molecular flexibility index (Phi) is 5.65. The number of nitrogens with one attached hydrogen (secondary N) is 1. The summed E-state index contributed by atoms with van der Waals surface area (Å²) < 4.78 is 1.83. The third-order valence-corrected chi connectivity index (χ3v) is 5.77. The van der Waals surface area contributed by atoms with Gasteiger partial charge in [-0.1, -0.05) is 54.6 Å². The second kappa shape index (κ2) is 8.53. The number of aryl methyl sites for hydroxylation is 1. The van der Waals surface area contributed by atoms with Crippen LogP contribution in [0.2, 0.25) is 0 Å². The molecule has 1 aliphatic carbocycles. The Labute approximate surface area is 176 Å². The molecule has 0 bridgehead atoms. The molecular formula is C24H26N4O2. The van der Waals surface area contributed by atoms with E-state index >= 15 is 0 Å². The SMILES string of the molecule is CC(NC(=O)C(=O)N(C)C1CCc2ccccc21)c1cnn(Cc2ccccc2)c1. The molecule has 2 unspecified atom stereocenters. The number of hydrogen-bond donors (Lipinski definition) is 1. The highest BCUT2D eigenvalue weighted by Crippen LogP contribution is 2.34. The quantitative estimate of drug-likeness (QED) is 0.666. The number of carbonyl (C=O) groups excluding carboxylic acids is 2. The molecule has 6 heteroatoms. The van der Waals surface area contributed by atoms with Crippen molar-refractivity contribution >= 4 is 11.8 Å². The average molecular weight is 402 g/mol. The maximum absolute atomic E-state index is 12.7. The molecular weight excluding hydrogens is 376 g/mol. The standard InChI is InChI=1S/C24H26N4O2/c1-17(20-14-25-28(16-20)15-18-8-4-3-5-9-18)26-23(29)24(30)27(2)22-13-12-19-10-6-7-11-21(19)22/h3-11,14,16-17,22H,12-13,15H2,1-2H3,(H,26,29). The Morgan fingerprint density at radius 3 is 2.70 bits per heavy atom. The van der Waals surface area contributed by atoms with Crippen LogP contribution in [0, 0.1) is 0 Å². The molecule has 154 valence electrons. The van der Waals surface area contributed by atoms with Gasteiger partial charge in [0.15, 0.2) is 0 Å². The highest BCUT2D eigenvalue weighted by atomic mass is 16.2. The normalized spacial score (nSPS) is 16.0. The van der Waals surface area contributed by atoms with Gasteiger partial charge in [0, 0.05) is 18.8 Å². The number of nitrogens with zero attached hydrogens (tertiary/aromatic N) is 3. The van der Waals surface area contributed by atoms with Gasteiger partial charge in [-0.05, 0) is 36.5 Å². The van der Waals surface area contributed by atoms with Gasteiger partial charge in [-0.2, -0.15) is 5.10 Å². The summed E-state index contributed by atoms with van der Waals surface area (Å²) in [5.74, 6) is -1.11. The third-order valence-electron chi connectivity index (χ3n) is 5.77. The number of hydrogen-bond acceptors (Lipinski definition) is 3. The highest BCUT2D eigenvalue weighted by Gasteiger charge is 2.31. The van der Waals surface area contributed by atoms with E-state index in [4.69, 9.17) is 0 Å². The van der Waals surface area contributed by atoms with E-state index < -0.39 is 11.8 Å². The van der Waals surface area contributed by atoms with Crippen LogP contribution in [0.3, 0.4) is 0 Å². The molecule has 0 saturated carbocycles. The lowest BCUT2D eigenvalue weighted by Crippen LogP contribution is -2.43. The van der Waals surface area contributed by atoms with Crippen LogP contribution in [0.15, 0.2) is 67.0 Å². The molecule has 1 aromatic heterocycles. The molecule has 0 saturated heterocycles. The molecule has 0 fully saturated rings. The van der Waals surface area contributed by atoms with Crippen molar-refractivity contribution in [3.63, 3.8) is 0 Å². The van der Waals surface area contributed by atoms with Gasteiger partial charge in [-0.15, -0.1) is 0 Å². The molecule has 30 heavy (non-hydrogen) atoms. The van der Waals surface area contributed by atoms with E-state index in [1.165, 1.54) is 5.56 Å². The van der Waals surface area contributed by atoms with E-state index in [2.05, 4.69) is 16.5 Å². The van der Waals surface area contributed by atoms with Crippen molar-refractivity contribution in [3.05, 3.63) is 89.2 Å². The third kappa shape index (κ3) is 4.13. The van der Waals surface area contributed by atoms with E-state index in [-0.39, 0.29) is 12.1 Å². The molecule has 1 N–H and O–H groups in total. The van der Waals surface area contributed by atoms with Crippen molar-refractivity contribution in [2.45, 2.75) is 38.4 Å². The van der Waals surface area contributed by atoms with Crippen LogP contribution in [0.25, 0.3) is 0 Å². The van der Waals surface area contributed by atoms with Crippen molar-refractivity contribution in [1.29, 1.82) is 0 Å². The van der Waals surface area contributed by atoms with Crippen LogP contribution < -0.4 is 5.32 Å². The Morgan fingerprint density at radius 1 is 1.17 bits per heavy atom. The summed E-state index contributed by atoms with van der Waals surface area (Å²) in [6, 6.07) is 17.8. The summed E-state index contributed by atoms with van der Waals surface area (Å²) in [7, 11) is 1.71. The fourth-order valence-corrected chi connectivity index (χ4v) is 4.04. The summed E-state index contributed by atoms with van der Waals surface area (Å²) in [6.07, 6.45) is 5.41. The largest absolute Gasteiger partial charge is 0.341 e. The monoisotopic (exact) mass is 402 g/mol. The van der Waals surface area contributed by atoms with Gasteiger partial charge in [0.1, 0.15) is 0 Å². The summed E-state index contributed by atoms with van der Waals surface area (Å²) in [4.78, 5) is 26.9. The molecule has 0 radical (unpaired) electrons. The Morgan fingerprint density at radius 2 is 1.90 bits per heavy atom. The molecule has 3 aromatic rings. The van der Waals surface area contributed by atoms with Gasteiger partial charge >= 0.3 is 11.8 Å². The molecule has 2 atom stereocenters. The van der Waals surface area contributed by atoms with Gasteiger partial charge in [0.05, 0.1) is 24.8 Å². The second-order valence-electron chi connectivity index (χ2n) is 7.82. The first-order valence-corrected chi connectivity index (χ1v) is 10.2. The lowest BCUT2D eigenvalue weighted by atomic mass is 10.1. The van der Waals surface area contributed by atoms with Gasteiger partial charge in [-0.25, -0.2) is 0 Å². The molecule has 1 heterocycles. The molecule has 2 amide bonds. The van der Waals surface area contributed by atoms with E-state index in [0.29, 0.717) is 6.54 Å². The predicted octanol–water partition coefficient (Wildman–Crippen LogP) is 3.25. The number of fused-ring (bicyclic) bond motifs is 1. The summed E-state index contributed by atoms with van der Waals surface area (Å²) in [5, 5.41) is 7.20. The number of benzene rings is 2. The first-order valence-electron chi connectivity index (χ1n) is 10.2.